The van der Waals surface area contributed by atoms with Crippen LogP contribution < -0.4 is 14.2 Å². The van der Waals surface area contributed by atoms with E-state index in [-0.39, 0.29) is 52.0 Å². The van der Waals surface area contributed by atoms with Crippen LogP contribution in [-0.2, 0) is 42.4 Å². The predicted octanol–water partition coefficient (Wildman–Crippen LogP) is 16.7. The second-order valence-electron chi connectivity index (χ2n) is 21.7. The summed E-state index contributed by atoms with van der Waals surface area (Å²) in [4.78, 5) is 23.3. The lowest BCUT2D eigenvalue weighted by atomic mass is 9.81. The van der Waals surface area contributed by atoms with Crippen molar-refractivity contribution >= 4 is 23.5 Å². The zero-order valence-corrected chi connectivity index (χ0v) is 47.3. The Morgan fingerprint density at radius 3 is 1.28 bits per heavy atom. The van der Waals surface area contributed by atoms with E-state index in [0.717, 1.165) is 63.1 Å². The first-order valence-corrected chi connectivity index (χ1v) is 26.1. The van der Waals surface area contributed by atoms with Crippen LogP contribution >= 0.6 is 11.6 Å². The number of carbonyl (C=O) groups excluding carboxylic acids is 2. The van der Waals surface area contributed by atoms with Gasteiger partial charge in [0.05, 0.1) is 41.3 Å². The molecule has 0 saturated heterocycles. The average molecular weight is 1050 g/mol. The Hall–Kier alpha value is -6.39. The molecular weight excluding hydrogens is 970 g/mol. The highest BCUT2D eigenvalue weighted by atomic mass is 35.5. The molecule has 6 aromatic carbocycles. The molecule has 0 aliphatic carbocycles. The summed E-state index contributed by atoms with van der Waals surface area (Å²) < 4.78 is 55.5. The van der Waals surface area contributed by atoms with Gasteiger partial charge >= 0.3 is 11.9 Å². The first kappa shape index (κ1) is 61.2. The van der Waals surface area contributed by atoms with Crippen LogP contribution in [0.1, 0.15) is 140 Å². The van der Waals surface area contributed by atoms with Crippen molar-refractivity contribution in [3.63, 3.8) is 0 Å². The third-order valence-electron chi connectivity index (χ3n) is 12.8. The number of halogens is 3. The second-order valence-corrected chi connectivity index (χ2v) is 22.0. The summed E-state index contributed by atoms with van der Waals surface area (Å²) in [7, 11) is 5.99. The maximum absolute atomic E-state index is 14.9. The summed E-state index contributed by atoms with van der Waals surface area (Å²) >= 11 is 5.93. The van der Waals surface area contributed by atoms with Gasteiger partial charge in [0.1, 0.15) is 41.2 Å². The molecule has 0 radical (unpaired) electrons. The third kappa shape index (κ3) is 18.7. The predicted molar refractivity (Wildman–Crippen MR) is 300 cm³/mol. The minimum atomic E-state index is -0.289. The topological polar surface area (TPSA) is 101 Å². The maximum atomic E-state index is 14.9. The Bertz CT molecular complexity index is 2760. The highest BCUT2D eigenvalue weighted by Crippen LogP contribution is 2.39. The highest BCUT2D eigenvalue weighted by Gasteiger charge is 2.24. The molecule has 404 valence electrons. The lowest BCUT2D eigenvalue weighted by Gasteiger charge is -2.24. The van der Waals surface area contributed by atoms with Crippen molar-refractivity contribution in [1.29, 1.82) is 0 Å². The van der Waals surface area contributed by atoms with Crippen LogP contribution in [0.2, 0.25) is 0 Å². The van der Waals surface area contributed by atoms with E-state index in [2.05, 4.69) is 75.3 Å². The Balaban J connectivity index is 0.000000269. The molecule has 0 saturated carbocycles. The Morgan fingerprint density at radius 2 is 0.907 bits per heavy atom. The maximum Gasteiger partial charge on any atom is 0.306 e. The van der Waals surface area contributed by atoms with Crippen LogP contribution in [0.25, 0.3) is 22.3 Å². The number of hydrogen-bond donors (Lipinski definition) is 1. The standard InChI is InChI=1S/C32H39FO4.C18H20ClFO.C14H20O3/c1-21(2)16-24(18-31(34)36-7)23-9-11-25(12-10-23)37-20-22-8-14-29(32(3,4)5)27(17-22)28-19-26(35-6)13-15-30(28)33;1-18(2,3)16-7-5-12(11-19)9-14(16)15-10-13(21-4)6-8-17(15)20;1-10(2)8-12(9-14(16)17-3)11-4-6-13(15)7-5-11/h8-15,17,19,21,24H,16,18,20H2,1-7H3;5-10H,11H2,1-4H3;4-7,10,12,15H,8-9H2,1-3H3/t24-;;12-/m1.1/s1. The molecule has 0 heterocycles. The van der Waals surface area contributed by atoms with Crippen LogP contribution in [0.3, 0.4) is 0 Å². The molecule has 0 aliphatic heterocycles. The molecular formula is C64H79ClF2O8. The van der Waals surface area contributed by atoms with Crippen molar-refractivity contribution in [2.75, 3.05) is 28.4 Å². The molecule has 6 aromatic rings. The van der Waals surface area contributed by atoms with Crippen molar-refractivity contribution in [3.8, 4) is 45.3 Å². The van der Waals surface area contributed by atoms with Crippen molar-refractivity contribution < 1.29 is 47.2 Å². The van der Waals surface area contributed by atoms with E-state index >= 15 is 0 Å². The number of phenolic OH excluding ortho intramolecular Hbond substituents is 1. The van der Waals surface area contributed by atoms with Crippen molar-refractivity contribution in [2.24, 2.45) is 11.8 Å². The first-order chi connectivity index (χ1) is 35.4. The summed E-state index contributed by atoms with van der Waals surface area (Å²) in [5.74, 6) is 2.94. The molecule has 0 aliphatic rings. The van der Waals surface area contributed by atoms with E-state index in [1.54, 1.807) is 50.6 Å². The summed E-state index contributed by atoms with van der Waals surface area (Å²) in [6.45, 7) is 21.6. The highest BCUT2D eigenvalue weighted by molar-refractivity contribution is 6.17. The Kier molecular flexibility index (Phi) is 23.2. The quantitative estimate of drug-likeness (QED) is 0.0671. The van der Waals surface area contributed by atoms with E-state index < -0.39 is 0 Å². The van der Waals surface area contributed by atoms with Gasteiger partial charge in [0.25, 0.3) is 0 Å². The van der Waals surface area contributed by atoms with Gasteiger partial charge < -0.3 is 28.8 Å². The van der Waals surface area contributed by atoms with Crippen LogP contribution in [0.15, 0.2) is 121 Å². The van der Waals surface area contributed by atoms with Gasteiger partial charge in [-0.2, -0.15) is 0 Å². The molecule has 0 amide bonds. The van der Waals surface area contributed by atoms with Crippen molar-refractivity contribution in [3.05, 3.63) is 166 Å². The number of methoxy groups -OCH3 is 4. The minimum absolute atomic E-state index is 0.0876. The molecule has 1 N–H and O–H groups in total. The van der Waals surface area contributed by atoms with Gasteiger partial charge in [-0.15, -0.1) is 11.6 Å². The number of aromatic hydroxyl groups is 1. The fourth-order valence-electron chi connectivity index (χ4n) is 8.92. The fourth-order valence-corrected chi connectivity index (χ4v) is 9.08. The molecule has 2 atom stereocenters. The molecule has 0 fully saturated rings. The number of carbonyl (C=O) groups is 2. The monoisotopic (exact) mass is 1050 g/mol. The Labute approximate surface area is 450 Å². The lowest BCUT2D eigenvalue weighted by molar-refractivity contribution is -0.142. The third-order valence-corrected chi connectivity index (χ3v) is 13.1. The summed E-state index contributed by atoms with van der Waals surface area (Å²) in [6, 6.07) is 36.6. The Morgan fingerprint density at radius 1 is 0.520 bits per heavy atom. The van der Waals surface area contributed by atoms with Gasteiger partial charge in [0.2, 0.25) is 0 Å². The lowest BCUT2D eigenvalue weighted by Crippen LogP contribution is -2.13. The van der Waals surface area contributed by atoms with Crippen LogP contribution in [-0.4, -0.2) is 45.5 Å². The molecule has 0 aromatic heterocycles. The number of rotatable bonds is 18. The van der Waals surface area contributed by atoms with E-state index in [1.807, 2.05) is 66.7 Å². The zero-order valence-electron chi connectivity index (χ0n) is 46.5. The first-order valence-electron chi connectivity index (χ1n) is 25.6. The molecule has 0 bridgehead atoms. The zero-order chi connectivity index (χ0) is 55.6. The van der Waals surface area contributed by atoms with E-state index in [9.17, 15) is 23.5 Å². The van der Waals surface area contributed by atoms with Gasteiger partial charge in [-0.05, 0) is 165 Å². The summed E-state index contributed by atoms with van der Waals surface area (Å²) in [5, 5.41) is 9.26. The van der Waals surface area contributed by atoms with Crippen molar-refractivity contribution in [1.82, 2.24) is 0 Å². The second kappa shape index (κ2) is 28.5. The van der Waals surface area contributed by atoms with Crippen LogP contribution in [0.4, 0.5) is 8.78 Å². The normalized spacial score (nSPS) is 12.1. The van der Waals surface area contributed by atoms with Gasteiger partial charge in [-0.3, -0.25) is 9.59 Å². The fraction of sp³-hybridized carbons (Fsp3) is 0.406. The van der Waals surface area contributed by atoms with Crippen molar-refractivity contribution in [2.45, 2.75) is 130 Å². The van der Waals surface area contributed by atoms with Gasteiger partial charge in [0, 0.05) is 17.0 Å². The molecule has 11 heteroatoms. The molecule has 0 spiro atoms. The largest absolute Gasteiger partial charge is 0.508 e. The van der Waals surface area contributed by atoms with E-state index in [0.29, 0.717) is 59.8 Å². The number of alkyl halides is 1. The number of hydrogen-bond acceptors (Lipinski definition) is 8. The number of ether oxygens (including phenoxy) is 5. The smallest absolute Gasteiger partial charge is 0.306 e. The number of esters is 2. The van der Waals surface area contributed by atoms with E-state index in [4.69, 9.17) is 35.3 Å². The molecule has 0 unspecified atom stereocenters. The molecule has 8 nitrogen and oxygen atoms in total. The summed E-state index contributed by atoms with van der Waals surface area (Å²) in [6.07, 6.45) is 2.58. The van der Waals surface area contributed by atoms with Gasteiger partial charge in [-0.1, -0.05) is 118 Å². The van der Waals surface area contributed by atoms with Crippen LogP contribution in [0, 0.1) is 23.5 Å². The van der Waals surface area contributed by atoms with E-state index in [1.165, 1.54) is 26.4 Å². The van der Waals surface area contributed by atoms with Gasteiger partial charge in [-0.25, -0.2) is 8.78 Å². The number of benzene rings is 6. The SMILES string of the molecule is COC(=O)C[C@@H](CC(C)C)c1ccc(O)cc1.COC(=O)C[C@@H](CC(C)C)c1ccc(OCc2ccc(C(C)(C)C)c(-c3cc(OC)ccc3F)c2)cc1.COc1ccc(F)c(-c2cc(CCl)ccc2C(C)(C)C)c1. The van der Waals surface area contributed by atoms with Crippen LogP contribution in [0.5, 0.6) is 23.0 Å². The van der Waals surface area contributed by atoms with Gasteiger partial charge in [0.15, 0.2) is 0 Å². The molecule has 75 heavy (non-hydrogen) atoms. The number of phenols is 1. The average Bonchev–Trinajstić information content (AvgIpc) is 3.37. The summed E-state index contributed by atoms with van der Waals surface area (Å²) in [5.41, 5.74) is 8.73. The minimum Gasteiger partial charge on any atom is -0.508 e. The molecule has 6 rings (SSSR count).